The number of hydrogen-bond donors (Lipinski definition) is 1. The van der Waals surface area contributed by atoms with Gasteiger partial charge < -0.3 is 24.3 Å². The van der Waals surface area contributed by atoms with Crippen molar-refractivity contribution in [2.75, 3.05) is 46.6 Å². The molecule has 0 bridgehead atoms. The number of rotatable bonds is 13. The molecule has 5 nitrogen and oxygen atoms in total. The molecule has 1 rings (SSSR count). The zero-order chi connectivity index (χ0) is 16.0. The second-order valence-electron chi connectivity index (χ2n) is 5.17. The maximum atomic E-state index is 5.71. The molecule has 22 heavy (non-hydrogen) atoms. The second kappa shape index (κ2) is 12.3. The summed E-state index contributed by atoms with van der Waals surface area (Å²) in [4.78, 5) is 0. The zero-order valence-electron chi connectivity index (χ0n) is 14.0. The van der Waals surface area contributed by atoms with E-state index in [1.807, 2.05) is 38.1 Å². The molecule has 1 aromatic rings. The van der Waals surface area contributed by atoms with Crippen molar-refractivity contribution < 1.29 is 18.9 Å². The average molecular weight is 311 g/mol. The Labute approximate surface area is 133 Å². The summed E-state index contributed by atoms with van der Waals surface area (Å²) in [6.07, 6.45) is 1.15. The molecular weight excluding hydrogens is 282 g/mol. The van der Waals surface area contributed by atoms with Gasteiger partial charge in [0.2, 0.25) is 0 Å². The highest BCUT2D eigenvalue weighted by Crippen LogP contribution is 2.27. The largest absolute Gasteiger partial charge is 0.487 e. The van der Waals surface area contributed by atoms with Crippen molar-refractivity contribution in [3.8, 4) is 11.5 Å². The van der Waals surface area contributed by atoms with E-state index < -0.39 is 0 Å². The Balaban J connectivity index is 2.07. The minimum absolute atomic E-state index is 0.130. The van der Waals surface area contributed by atoms with E-state index in [0.29, 0.717) is 19.8 Å². The lowest BCUT2D eigenvalue weighted by molar-refractivity contribution is 0.0990. The van der Waals surface area contributed by atoms with Crippen LogP contribution in [0.3, 0.4) is 0 Å². The number of hydrogen-bond acceptors (Lipinski definition) is 5. The van der Waals surface area contributed by atoms with E-state index in [0.717, 1.165) is 37.6 Å². The van der Waals surface area contributed by atoms with Crippen molar-refractivity contribution in [1.29, 1.82) is 0 Å². The number of para-hydroxylation sites is 2. The fourth-order valence-corrected chi connectivity index (χ4v) is 1.84. The average Bonchev–Trinajstić information content (AvgIpc) is 2.50. The van der Waals surface area contributed by atoms with Gasteiger partial charge in [-0.25, -0.2) is 0 Å². The Bertz CT molecular complexity index is 385. The van der Waals surface area contributed by atoms with Crippen molar-refractivity contribution in [1.82, 2.24) is 5.32 Å². The molecule has 0 aromatic heterocycles. The molecule has 0 spiro atoms. The predicted molar refractivity (Wildman–Crippen MR) is 87.9 cm³/mol. The molecule has 0 aliphatic heterocycles. The molecule has 0 unspecified atom stereocenters. The molecule has 0 heterocycles. The van der Waals surface area contributed by atoms with Gasteiger partial charge in [-0.3, -0.25) is 0 Å². The van der Waals surface area contributed by atoms with Gasteiger partial charge in [0, 0.05) is 20.3 Å². The lowest BCUT2D eigenvalue weighted by atomic mass is 10.3. The van der Waals surface area contributed by atoms with Crippen LogP contribution in [0.2, 0.25) is 0 Å². The molecular formula is C17H29NO4. The second-order valence-corrected chi connectivity index (χ2v) is 5.17. The lowest BCUT2D eigenvalue weighted by Gasteiger charge is -2.14. The summed E-state index contributed by atoms with van der Waals surface area (Å²) in [7, 11) is 1.72. The van der Waals surface area contributed by atoms with Crippen LogP contribution in [0.4, 0.5) is 0 Å². The molecule has 126 valence electrons. The minimum atomic E-state index is 0.130. The number of benzene rings is 1. The molecule has 0 saturated carbocycles. The molecule has 1 aromatic carbocycles. The highest BCUT2D eigenvalue weighted by molar-refractivity contribution is 5.39. The van der Waals surface area contributed by atoms with Gasteiger partial charge in [0.1, 0.15) is 6.61 Å². The van der Waals surface area contributed by atoms with E-state index in [1.165, 1.54) is 0 Å². The first-order valence-corrected chi connectivity index (χ1v) is 7.90. The van der Waals surface area contributed by atoms with E-state index in [2.05, 4.69) is 5.32 Å². The van der Waals surface area contributed by atoms with Crippen molar-refractivity contribution in [3.63, 3.8) is 0 Å². The molecule has 5 heteroatoms. The lowest BCUT2D eigenvalue weighted by Crippen LogP contribution is -2.22. The first-order valence-electron chi connectivity index (χ1n) is 7.90. The van der Waals surface area contributed by atoms with Gasteiger partial charge in [-0.2, -0.15) is 0 Å². The van der Waals surface area contributed by atoms with Gasteiger partial charge in [0.05, 0.1) is 19.3 Å². The number of nitrogens with one attached hydrogen (secondary N) is 1. The molecule has 0 saturated heterocycles. The van der Waals surface area contributed by atoms with Crippen molar-refractivity contribution >= 4 is 0 Å². The highest BCUT2D eigenvalue weighted by atomic mass is 16.5. The van der Waals surface area contributed by atoms with Crippen molar-refractivity contribution in [3.05, 3.63) is 24.3 Å². The van der Waals surface area contributed by atoms with Gasteiger partial charge in [0.25, 0.3) is 0 Å². The van der Waals surface area contributed by atoms with E-state index in [1.54, 1.807) is 7.11 Å². The Hall–Kier alpha value is -1.30. The van der Waals surface area contributed by atoms with Crippen LogP contribution in [0, 0.1) is 0 Å². The fraction of sp³-hybridized carbons (Fsp3) is 0.647. The highest BCUT2D eigenvalue weighted by Gasteiger charge is 2.05. The van der Waals surface area contributed by atoms with E-state index >= 15 is 0 Å². The minimum Gasteiger partial charge on any atom is -0.487 e. The van der Waals surface area contributed by atoms with Crippen LogP contribution in [0.15, 0.2) is 24.3 Å². The Morgan fingerprint density at radius 3 is 2.45 bits per heavy atom. The van der Waals surface area contributed by atoms with Crippen LogP contribution in [0.25, 0.3) is 0 Å². The first kappa shape index (κ1) is 18.7. The topological polar surface area (TPSA) is 49.0 Å². The summed E-state index contributed by atoms with van der Waals surface area (Å²) >= 11 is 0. The zero-order valence-corrected chi connectivity index (χ0v) is 14.0. The number of methoxy groups -OCH3 is 1. The van der Waals surface area contributed by atoms with Crippen molar-refractivity contribution in [2.45, 2.75) is 26.4 Å². The molecule has 0 radical (unpaired) electrons. The van der Waals surface area contributed by atoms with Crippen LogP contribution < -0.4 is 14.8 Å². The summed E-state index contributed by atoms with van der Waals surface area (Å²) in [6, 6.07) is 7.71. The smallest absolute Gasteiger partial charge is 0.161 e. The predicted octanol–water partition coefficient (Wildman–Crippen LogP) is 2.50. The summed E-state index contributed by atoms with van der Waals surface area (Å²) in [5, 5.41) is 3.29. The van der Waals surface area contributed by atoms with Gasteiger partial charge >= 0.3 is 0 Å². The van der Waals surface area contributed by atoms with Crippen LogP contribution in [-0.4, -0.2) is 52.7 Å². The molecule has 0 fully saturated rings. The Kier molecular flexibility index (Phi) is 10.5. The van der Waals surface area contributed by atoms with E-state index in [-0.39, 0.29) is 6.10 Å². The third-order valence-corrected chi connectivity index (χ3v) is 2.82. The summed E-state index contributed by atoms with van der Waals surface area (Å²) in [6.45, 7) is 8.35. The van der Waals surface area contributed by atoms with Gasteiger partial charge in [-0.15, -0.1) is 0 Å². The Morgan fingerprint density at radius 1 is 0.955 bits per heavy atom. The molecule has 0 atom stereocenters. The molecule has 1 N–H and O–H groups in total. The third-order valence-electron chi connectivity index (χ3n) is 2.82. The van der Waals surface area contributed by atoms with Crippen LogP contribution >= 0.6 is 0 Å². The molecule has 0 amide bonds. The first-order chi connectivity index (χ1) is 10.7. The third kappa shape index (κ3) is 8.87. The standard InChI is InChI=1S/C17H29NO4/c1-15(2)22-17-8-5-4-7-16(17)21-14-13-20-12-10-18-9-6-11-19-3/h4-5,7-8,15,18H,6,9-14H2,1-3H3. The normalized spacial score (nSPS) is 10.9. The maximum Gasteiger partial charge on any atom is 0.161 e. The van der Waals surface area contributed by atoms with Crippen LogP contribution in [0.5, 0.6) is 11.5 Å². The Morgan fingerprint density at radius 2 is 1.73 bits per heavy atom. The summed E-state index contributed by atoms with van der Waals surface area (Å²) in [5.74, 6) is 1.54. The van der Waals surface area contributed by atoms with Crippen LogP contribution in [-0.2, 0) is 9.47 Å². The fourth-order valence-electron chi connectivity index (χ4n) is 1.84. The summed E-state index contributed by atoms with van der Waals surface area (Å²) in [5.41, 5.74) is 0. The SMILES string of the molecule is COCCCNCCOCCOc1ccccc1OC(C)C. The summed E-state index contributed by atoms with van der Waals surface area (Å²) < 4.78 is 21.9. The van der Waals surface area contributed by atoms with E-state index in [4.69, 9.17) is 18.9 Å². The van der Waals surface area contributed by atoms with Crippen molar-refractivity contribution in [2.24, 2.45) is 0 Å². The monoisotopic (exact) mass is 311 g/mol. The maximum absolute atomic E-state index is 5.71. The van der Waals surface area contributed by atoms with Gasteiger partial charge in [0.15, 0.2) is 11.5 Å². The van der Waals surface area contributed by atoms with E-state index in [9.17, 15) is 0 Å². The van der Waals surface area contributed by atoms with Crippen LogP contribution in [0.1, 0.15) is 20.3 Å². The van der Waals surface area contributed by atoms with Gasteiger partial charge in [-0.1, -0.05) is 12.1 Å². The molecule has 0 aliphatic rings. The quantitative estimate of drug-likeness (QED) is 0.567. The molecule has 0 aliphatic carbocycles. The van der Waals surface area contributed by atoms with Gasteiger partial charge in [-0.05, 0) is 38.9 Å². The number of ether oxygens (including phenoxy) is 4.